The molecule has 0 saturated carbocycles. The fraction of sp³-hybridized carbons (Fsp3) is 0. The normalized spacial score (nSPS) is 10.5. The van der Waals surface area contributed by atoms with Crippen LogP contribution in [0, 0.1) is 0 Å². The maximum atomic E-state index is 10.7. The van der Waals surface area contributed by atoms with Gasteiger partial charge in [-0.3, -0.25) is 9.59 Å². The highest BCUT2D eigenvalue weighted by atomic mass is 35.5. The van der Waals surface area contributed by atoms with Gasteiger partial charge in [0.25, 0.3) is 0 Å². The van der Waals surface area contributed by atoms with E-state index in [2.05, 4.69) is 10.8 Å². The second-order valence-corrected chi connectivity index (χ2v) is 3.73. The average Bonchev–Trinajstić information content (AvgIpc) is 2.24. The molecule has 8 heteroatoms. The fourth-order valence-electron chi connectivity index (χ4n) is 0.900. The molecule has 0 spiro atoms. The number of benzene rings is 1. The lowest BCUT2D eigenvalue weighted by Gasteiger charge is -2.02. The van der Waals surface area contributed by atoms with E-state index in [4.69, 9.17) is 23.2 Å². The van der Waals surface area contributed by atoms with Crippen molar-refractivity contribution in [2.24, 2.45) is 10.8 Å². The molecule has 4 N–H and O–H groups in total. The summed E-state index contributed by atoms with van der Waals surface area (Å²) in [5, 5.41) is 13.2. The van der Waals surface area contributed by atoms with Gasteiger partial charge in [0.2, 0.25) is 0 Å². The van der Waals surface area contributed by atoms with Gasteiger partial charge in [0.15, 0.2) is 0 Å². The molecular weight excluding hydrogens is 269 g/mol. The van der Waals surface area contributed by atoms with E-state index in [1.165, 1.54) is 12.1 Å². The van der Waals surface area contributed by atoms with Crippen molar-refractivity contribution in [3.63, 3.8) is 0 Å². The van der Waals surface area contributed by atoms with Crippen molar-refractivity contribution in [2.45, 2.75) is 0 Å². The number of hydrogen-bond acceptors (Lipinski definition) is 4. The van der Waals surface area contributed by atoms with Crippen LogP contribution in [0.3, 0.4) is 0 Å². The van der Waals surface area contributed by atoms with Crippen LogP contribution in [-0.2, 0) is 9.59 Å². The Bertz CT molecular complexity index is 503. The van der Waals surface area contributed by atoms with E-state index < -0.39 is 11.8 Å². The average molecular weight is 276 g/mol. The highest BCUT2D eigenvalue weighted by Gasteiger charge is 2.08. The summed E-state index contributed by atoms with van der Waals surface area (Å²) in [6, 6.07) is 2.72. The van der Waals surface area contributed by atoms with Crippen molar-refractivity contribution >= 4 is 41.2 Å². The smallest absolute Gasteiger partial charge is 0.329 e. The van der Waals surface area contributed by atoms with Crippen LogP contribution in [0.5, 0.6) is 5.75 Å². The van der Waals surface area contributed by atoms with Gasteiger partial charge < -0.3 is 10.8 Å². The number of rotatable bonds is 2. The summed E-state index contributed by atoms with van der Waals surface area (Å²) in [6.07, 6.45) is 1.08. The van der Waals surface area contributed by atoms with Gasteiger partial charge in [-0.05, 0) is 12.1 Å². The summed E-state index contributed by atoms with van der Waals surface area (Å²) in [5.41, 5.74) is 6.72. The lowest BCUT2D eigenvalue weighted by molar-refractivity contribution is -0.137. The third kappa shape index (κ3) is 3.61. The maximum Gasteiger partial charge on any atom is 0.329 e. The van der Waals surface area contributed by atoms with E-state index >= 15 is 0 Å². The SMILES string of the molecule is NC(=O)C(=O)N/N=C\c1cc(Cl)cc(Cl)c1O. The lowest BCUT2D eigenvalue weighted by Crippen LogP contribution is -2.32. The predicted molar refractivity (Wildman–Crippen MR) is 63.1 cm³/mol. The van der Waals surface area contributed by atoms with E-state index in [9.17, 15) is 14.7 Å². The van der Waals surface area contributed by atoms with Gasteiger partial charge in [0, 0.05) is 10.6 Å². The van der Waals surface area contributed by atoms with Crippen molar-refractivity contribution in [2.75, 3.05) is 0 Å². The maximum absolute atomic E-state index is 10.7. The summed E-state index contributed by atoms with van der Waals surface area (Å²) in [6.45, 7) is 0. The fourth-order valence-corrected chi connectivity index (χ4v) is 1.41. The molecule has 0 aliphatic carbocycles. The van der Waals surface area contributed by atoms with Gasteiger partial charge in [0.1, 0.15) is 5.75 Å². The summed E-state index contributed by atoms with van der Waals surface area (Å²) in [5.74, 6) is -2.49. The van der Waals surface area contributed by atoms with E-state index in [0.29, 0.717) is 0 Å². The molecule has 0 aromatic heterocycles. The number of carbonyl (C=O) groups is 2. The molecule has 0 saturated heterocycles. The van der Waals surface area contributed by atoms with Crippen molar-refractivity contribution in [1.82, 2.24) is 5.43 Å². The molecule has 0 heterocycles. The largest absolute Gasteiger partial charge is 0.506 e. The summed E-state index contributed by atoms with van der Waals surface area (Å²) in [7, 11) is 0. The molecule has 0 unspecified atom stereocenters. The molecule has 0 aliphatic heterocycles. The van der Waals surface area contributed by atoms with Gasteiger partial charge in [-0.25, -0.2) is 5.43 Å². The Morgan fingerprint density at radius 2 is 2.06 bits per heavy atom. The molecule has 0 aliphatic rings. The number of hydrogen-bond donors (Lipinski definition) is 3. The van der Waals surface area contributed by atoms with Gasteiger partial charge in [0.05, 0.1) is 11.2 Å². The van der Waals surface area contributed by atoms with Crippen molar-refractivity contribution < 1.29 is 14.7 Å². The van der Waals surface area contributed by atoms with Crippen LogP contribution in [0.25, 0.3) is 0 Å². The highest BCUT2D eigenvalue weighted by Crippen LogP contribution is 2.29. The number of hydrazone groups is 1. The zero-order valence-electron chi connectivity index (χ0n) is 8.28. The molecule has 17 heavy (non-hydrogen) atoms. The molecule has 2 amide bonds. The Morgan fingerprint density at radius 3 is 2.65 bits per heavy atom. The van der Waals surface area contributed by atoms with Gasteiger partial charge in [-0.1, -0.05) is 23.2 Å². The minimum absolute atomic E-state index is 0.0418. The van der Waals surface area contributed by atoms with Crippen molar-refractivity contribution in [3.05, 3.63) is 27.7 Å². The van der Waals surface area contributed by atoms with Crippen LogP contribution in [-0.4, -0.2) is 23.1 Å². The monoisotopic (exact) mass is 275 g/mol. The standard InChI is InChI=1S/C9H7Cl2N3O3/c10-5-1-4(7(15)6(11)2-5)3-13-14-9(17)8(12)16/h1-3,15H,(H2,12,16)(H,14,17)/b13-3-. The van der Waals surface area contributed by atoms with E-state index in [1.54, 1.807) is 0 Å². The lowest BCUT2D eigenvalue weighted by atomic mass is 10.2. The third-order valence-corrected chi connectivity index (χ3v) is 2.16. The zero-order chi connectivity index (χ0) is 13.0. The predicted octanol–water partition coefficient (Wildman–Crippen LogP) is 0.634. The molecule has 6 nitrogen and oxygen atoms in total. The number of nitrogens with zero attached hydrogens (tertiary/aromatic N) is 1. The number of phenolic OH excluding ortho intramolecular Hbond substituents is 1. The second kappa shape index (κ2) is 5.51. The van der Waals surface area contributed by atoms with Crippen molar-refractivity contribution in [1.29, 1.82) is 0 Å². The molecule has 0 atom stereocenters. The van der Waals surface area contributed by atoms with Crippen LogP contribution < -0.4 is 11.2 Å². The summed E-state index contributed by atoms with van der Waals surface area (Å²) >= 11 is 11.3. The number of nitrogens with one attached hydrogen (secondary N) is 1. The number of carbonyl (C=O) groups excluding carboxylic acids is 2. The van der Waals surface area contributed by atoms with Crippen LogP contribution >= 0.6 is 23.2 Å². The number of phenols is 1. The molecule has 90 valence electrons. The zero-order valence-corrected chi connectivity index (χ0v) is 9.79. The van der Waals surface area contributed by atoms with Gasteiger partial charge >= 0.3 is 11.8 Å². The molecule has 0 fully saturated rings. The number of aromatic hydroxyl groups is 1. The number of primary amides is 1. The number of amides is 2. The van der Waals surface area contributed by atoms with Crippen LogP contribution in [0.4, 0.5) is 0 Å². The molecule has 0 bridgehead atoms. The molecule has 1 aromatic rings. The summed E-state index contributed by atoms with van der Waals surface area (Å²) in [4.78, 5) is 21.1. The Labute approximate surface area is 106 Å². The first-order chi connectivity index (χ1) is 7.91. The summed E-state index contributed by atoms with van der Waals surface area (Å²) < 4.78 is 0. The quantitative estimate of drug-likeness (QED) is 0.419. The Kier molecular flexibility index (Phi) is 4.30. The topological polar surface area (TPSA) is 105 Å². The third-order valence-electron chi connectivity index (χ3n) is 1.65. The van der Waals surface area contributed by atoms with E-state index in [0.717, 1.165) is 6.21 Å². The first kappa shape index (κ1) is 13.3. The number of halogens is 2. The molecule has 0 radical (unpaired) electrons. The second-order valence-electron chi connectivity index (χ2n) is 2.89. The van der Waals surface area contributed by atoms with Crippen LogP contribution in [0.2, 0.25) is 10.0 Å². The first-order valence-corrected chi connectivity index (χ1v) is 4.98. The molecular formula is C9H7Cl2N3O3. The van der Waals surface area contributed by atoms with Crippen LogP contribution in [0.15, 0.2) is 17.2 Å². The molecule has 1 rings (SSSR count). The van der Waals surface area contributed by atoms with Gasteiger partial charge in [-0.2, -0.15) is 5.10 Å². The van der Waals surface area contributed by atoms with Crippen molar-refractivity contribution in [3.8, 4) is 5.75 Å². The van der Waals surface area contributed by atoms with E-state index in [-0.39, 0.29) is 21.4 Å². The Hall–Kier alpha value is -1.79. The first-order valence-electron chi connectivity index (χ1n) is 4.22. The Morgan fingerprint density at radius 1 is 1.41 bits per heavy atom. The number of nitrogens with two attached hydrogens (primary N) is 1. The van der Waals surface area contributed by atoms with E-state index in [1.807, 2.05) is 5.43 Å². The highest BCUT2D eigenvalue weighted by molar-refractivity contribution is 6.36. The minimum atomic E-state index is -1.17. The van der Waals surface area contributed by atoms with Gasteiger partial charge in [-0.15, -0.1) is 0 Å². The Balaban J connectivity index is 2.85. The minimum Gasteiger partial charge on any atom is -0.506 e. The van der Waals surface area contributed by atoms with Crippen LogP contribution in [0.1, 0.15) is 5.56 Å². The molecule has 1 aromatic carbocycles.